The number of benzene rings is 1. The highest BCUT2D eigenvalue weighted by Crippen LogP contribution is 2.16. The fraction of sp³-hybridized carbons (Fsp3) is 0.308. The molecule has 0 saturated carbocycles. The Morgan fingerprint density at radius 1 is 1.39 bits per heavy atom. The molecule has 0 aromatic heterocycles. The SMILES string of the molecule is C=CCN(CC)S(=O)(=O)c1ccc(CC#N)cc1. The van der Waals surface area contributed by atoms with Gasteiger partial charge in [-0.2, -0.15) is 9.57 Å². The van der Waals surface area contributed by atoms with Crippen molar-refractivity contribution in [3.8, 4) is 6.07 Å². The lowest BCUT2D eigenvalue weighted by Gasteiger charge is -2.18. The van der Waals surface area contributed by atoms with E-state index >= 15 is 0 Å². The molecule has 5 heteroatoms. The first-order chi connectivity index (χ1) is 8.56. The van der Waals surface area contributed by atoms with E-state index in [1.54, 1.807) is 25.1 Å². The first-order valence-electron chi connectivity index (χ1n) is 5.63. The van der Waals surface area contributed by atoms with Crippen molar-refractivity contribution in [3.63, 3.8) is 0 Å². The van der Waals surface area contributed by atoms with Gasteiger partial charge < -0.3 is 0 Å². The van der Waals surface area contributed by atoms with Crippen LogP contribution in [0.25, 0.3) is 0 Å². The van der Waals surface area contributed by atoms with Crippen LogP contribution in [-0.4, -0.2) is 25.8 Å². The molecule has 0 aliphatic rings. The molecule has 0 spiro atoms. The van der Waals surface area contributed by atoms with E-state index in [1.807, 2.05) is 6.07 Å². The van der Waals surface area contributed by atoms with Gasteiger partial charge >= 0.3 is 0 Å². The lowest BCUT2D eigenvalue weighted by atomic mass is 10.2. The minimum Gasteiger partial charge on any atom is -0.207 e. The van der Waals surface area contributed by atoms with E-state index in [0.29, 0.717) is 13.1 Å². The smallest absolute Gasteiger partial charge is 0.207 e. The van der Waals surface area contributed by atoms with Crippen molar-refractivity contribution in [2.75, 3.05) is 13.1 Å². The number of hydrogen-bond donors (Lipinski definition) is 0. The third-order valence-electron chi connectivity index (χ3n) is 2.53. The predicted octanol–water partition coefficient (Wildman–Crippen LogP) is 1.95. The molecule has 0 radical (unpaired) electrons. The van der Waals surface area contributed by atoms with Crippen LogP contribution in [0.3, 0.4) is 0 Å². The van der Waals surface area contributed by atoms with E-state index in [-0.39, 0.29) is 11.3 Å². The van der Waals surface area contributed by atoms with Crippen molar-refractivity contribution in [1.82, 2.24) is 4.31 Å². The number of rotatable bonds is 6. The Hall–Kier alpha value is -1.64. The van der Waals surface area contributed by atoms with Gasteiger partial charge in [0.25, 0.3) is 0 Å². The zero-order valence-corrected chi connectivity index (χ0v) is 11.2. The van der Waals surface area contributed by atoms with Crippen LogP contribution in [0.15, 0.2) is 41.8 Å². The summed E-state index contributed by atoms with van der Waals surface area (Å²) in [6, 6.07) is 8.42. The average molecular weight is 264 g/mol. The normalized spacial score (nSPS) is 11.2. The molecule has 1 aromatic carbocycles. The van der Waals surface area contributed by atoms with Gasteiger partial charge in [0.2, 0.25) is 10.0 Å². The molecule has 0 heterocycles. The highest BCUT2D eigenvalue weighted by atomic mass is 32.2. The van der Waals surface area contributed by atoms with Gasteiger partial charge in [0.1, 0.15) is 0 Å². The number of sulfonamides is 1. The fourth-order valence-corrected chi connectivity index (χ4v) is 2.98. The van der Waals surface area contributed by atoms with E-state index in [4.69, 9.17) is 5.26 Å². The molecule has 0 unspecified atom stereocenters. The zero-order chi connectivity index (χ0) is 13.6. The van der Waals surface area contributed by atoms with Crippen LogP contribution >= 0.6 is 0 Å². The Bertz CT molecular complexity index is 541. The second-order valence-electron chi connectivity index (χ2n) is 3.72. The second kappa shape index (κ2) is 6.34. The summed E-state index contributed by atoms with van der Waals surface area (Å²) in [5, 5.41) is 8.56. The molecule has 0 amide bonds. The van der Waals surface area contributed by atoms with E-state index in [9.17, 15) is 8.42 Å². The highest BCUT2D eigenvalue weighted by molar-refractivity contribution is 7.89. The Kier molecular flexibility index (Phi) is 5.08. The van der Waals surface area contributed by atoms with Gasteiger partial charge in [-0.15, -0.1) is 6.58 Å². The van der Waals surface area contributed by atoms with Crippen LogP contribution in [0.1, 0.15) is 12.5 Å². The van der Waals surface area contributed by atoms with Crippen LogP contribution in [0.4, 0.5) is 0 Å². The molecule has 0 saturated heterocycles. The third-order valence-corrected chi connectivity index (χ3v) is 4.48. The zero-order valence-electron chi connectivity index (χ0n) is 10.3. The van der Waals surface area contributed by atoms with Gasteiger partial charge in [0, 0.05) is 13.1 Å². The number of nitrogens with zero attached hydrogens (tertiary/aromatic N) is 2. The summed E-state index contributed by atoms with van der Waals surface area (Å²) in [5.41, 5.74) is 0.809. The molecule has 1 rings (SSSR count). The third kappa shape index (κ3) is 3.19. The van der Waals surface area contributed by atoms with E-state index in [1.165, 1.54) is 16.4 Å². The molecule has 0 fully saturated rings. The maximum atomic E-state index is 12.2. The van der Waals surface area contributed by atoms with Crippen LogP contribution < -0.4 is 0 Å². The van der Waals surface area contributed by atoms with Gasteiger partial charge in [0.05, 0.1) is 17.4 Å². The first kappa shape index (κ1) is 14.4. The molecule has 1 aromatic rings. The molecule has 0 aliphatic carbocycles. The quantitative estimate of drug-likeness (QED) is 0.738. The van der Waals surface area contributed by atoms with Crippen molar-refractivity contribution < 1.29 is 8.42 Å². The second-order valence-corrected chi connectivity index (χ2v) is 5.66. The lowest BCUT2D eigenvalue weighted by molar-refractivity contribution is 0.460. The lowest BCUT2D eigenvalue weighted by Crippen LogP contribution is -2.30. The molecule has 0 bridgehead atoms. The summed E-state index contributed by atoms with van der Waals surface area (Å²) in [6.07, 6.45) is 1.84. The van der Waals surface area contributed by atoms with E-state index in [2.05, 4.69) is 6.58 Å². The fourth-order valence-electron chi connectivity index (χ4n) is 1.56. The standard InChI is InChI=1S/C13H16N2O2S/c1-3-11-15(4-2)18(16,17)13-7-5-12(6-8-13)9-10-14/h3,5-8H,1,4,9,11H2,2H3. The molecule has 4 nitrogen and oxygen atoms in total. The Morgan fingerprint density at radius 2 is 2.00 bits per heavy atom. The minimum absolute atomic E-state index is 0.243. The summed E-state index contributed by atoms with van der Waals surface area (Å²) in [6.45, 7) is 6.02. The Balaban J connectivity index is 3.04. The van der Waals surface area contributed by atoms with Crippen molar-refractivity contribution in [3.05, 3.63) is 42.5 Å². The van der Waals surface area contributed by atoms with Crippen LogP contribution in [-0.2, 0) is 16.4 Å². The molecule has 96 valence electrons. The number of likely N-dealkylation sites (N-methyl/N-ethyl adjacent to an activating group) is 1. The van der Waals surface area contributed by atoms with Crippen LogP contribution in [0.2, 0.25) is 0 Å². The van der Waals surface area contributed by atoms with Gasteiger partial charge in [-0.3, -0.25) is 0 Å². The van der Waals surface area contributed by atoms with Crippen molar-refractivity contribution in [2.45, 2.75) is 18.2 Å². The maximum Gasteiger partial charge on any atom is 0.243 e. The number of hydrogen-bond acceptors (Lipinski definition) is 3. The van der Waals surface area contributed by atoms with Crippen molar-refractivity contribution >= 4 is 10.0 Å². The van der Waals surface area contributed by atoms with E-state index in [0.717, 1.165) is 5.56 Å². The predicted molar refractivity (Wildman–Crippen MR) is 70.4 cm³/mol. The Labute approximate surface area is 108 Å². The molecule has 0 aliphatic heterocycles. The summed E-state index contributed by atoms with van der Waals surface area (Å²) in [5.74, 6) is 0. The summed E-state index contributed by atoms with van der Waals surface area (Å²) in [7, 11) is -3.47. The molecule has 0 atom stereocenters. The largest absolute Gasteiger partial charge is 0.243 e. The van der Waals surface area contributed by atoms with Crippen molar-refractivity contribution in [2.24, 2.45) is 0 Å². The van der Waals surface area contributed by atoms with Crippen molar-refractivity contribution in [1.29, 1.82) is 5.26 Å². The summed E-state index contributed by atoms with van der Waals surface area (Å²) in [4.78, 5) is 0.243. The molecule has 18 heavy (non-hydrogen) atoms. The van der Waals surface area contributed by atoms with Gasteiger partial charge in [-0.05, 0) is 17.7 Å². The number of nitriles is 1. The molecular weight excluding hydrogens is 248 g/mol. The topological polar surface area (TPSA) is 61.2 Å². The highest BCUT2D eigenvalue weighted by Gasteiger charge is 2.21. The summed E-state index contributed by atoms with van der Waals surface area (Å²) < 4.78 is 25.8. The first-order valence-corrected chi connectivity index (χ1v) is 7.07. The molecule has 0 N–H and O–H groups in total. The minimum atomic E-state index is -3.47. The monoisotopic (exact) mass is 264 g/mol. The van der Waals surface area contributed by atoms with Crippen LogP contribution in [0, 0.1) is 11.3 Å². The average Bonchev–Trinajstić information content (AvgIpc) is 2.36. The summed E-state index contributed by atoms with van der Waals surface area (Å²) >= 11 is 0. The maximum absolute atomic E-state index is 12.2. The van der Waals surface area contributed by atoms with Gasteiger partial charge in [-0.25, -0.2) is 8.42 Å². The van der Waals surface area contributed by atoms with Crippen LogP contribution in [0.5, 0.6) is 0 Å². The van der Waals surface area contributed by atoms with Gasteiger partial charge in [0.15, 0.2) is 0 Å². The van der Waals surface area contributed by atoms with E-state index < -0.39 is 10.0 Å². The molecular formula is C13H16N2O2S. The van der Waals surface area contributed by atoms with Gasteiger partial charge in [-0.1, -0.05) is 25.1 Å². The Morgan fingerprint density at radius 3 is 2.44 bits per heavy atom.